The molecule has 0 spiro atoms. The molecule has 2 unspecified atom stereocenters. The summed E-state index contributed by atoms with van der Waals surface area (Å²) in [7, 11) is 0. The van der Waals surface area contributed by atoms with E-state index in [-0.39, 0.29) is 0 Å². The molecule has 0 aromatic carbocycles. The van der Waals surface area contributed by atoms with E-state index >= 15 is 0 Å². The first-order chi connectivity index (χ1) is 8.72. The van der Waals surface area contributed by atoms with E-state index in [1.54, 1.807) is 0 Å². The molecule has 0 aliphatic carbocycles. The van der Waals surface area contributed by atoms with Gasteiger partial charge in [-0.3, -0.25) is 9.58 Å². The molecule has 0 amide bonds. The summed E-state index contributed by atoms with van der Waals surface area (Å²) in [6.45, 7) is 8.46. The van der Waals surface area contributed by atoms with Crippen molar-refractivity contribution in [1.82, 2.24) is 19.9 Å². The largest absolute Gasteiger partial charge is 0.376 e. The maximum absolute atomic E-state index is 5.69. The van der Waals surface area contributed by atoms with Crippen LogP contribution in [0.5, 0.6) is 0 Å². The minimum Gasteiger partial charge on any atom is -0.376 e. The molecule has 102 valence electrons. The summed E-state index contributed by atoms with van der Waals surface area (Å²) in [5, 5.41) is 8.07. The summed E-state index contributed by atoms with van der Waals surface area (Å²) in [6, 6.07) is 0.527. The minimum absolute atomic E-state index is 0.322. The van der Waals surface area contributed by atoms with Gasteiger partial charge in [0.1, 0.15) is 0 Å². The van der Waals surface area contributed by atoms with Gasteiger partial charge in [0.05, 0.1) is 24.9 Å². The molecule has 0 saturated carbocycles. The van der Waals surface area contributed by atoms with Crippen molar-refractivity contribution in [2.24, 2.45) is 5.73 Å². The lowest BCUT2D eigenvalue weighted by molar-refractivity contribution is -0.0569. The zero-order chi connectivity index (χ0) is 13.0. The van der Waals surface area contributed by atoms with E-state index < -0.39 is 0 Å². The molecule has 0 bridgehead atoms. The van der Waals surface area contributed by atoms with Crippen LogP contribution in [0.3, 0.4) is 0 Å². The number of hydrogen-bond donors (Lipinski definition) is 1. The predicted octanol–water partition coefficient (Wildman–Crippen LogP) is 0.236. The monoisotopic (exact) mass is 253 g/mol. The number of nitrogens with two attached hydrogens (primary N) is 1. The van der Waals surface area contributed by atoms with Crippen LogP contribution in [0.25, 0.3) is 0 Å². The average Bonchev–Trinajstić information content (AvgIpc) is 2.84. The highest BCUT2D eigenvalue weighted by Crippen LogP contribution is 2.14. The van der Waals surface area contributed by atoms with Crippen LogP contribution in [0.1, 0.15) is 26.0 Å². The summed E-state index contributed by atoms with van der Waals surface area (Å²) in [5.41, 5.74) is 6.37. The van der Waals surface area contributed by atoms with Gasteiger partial charge in [-0.05, 0) is 13.3 Å². The molecule has 0 radical (unpaired) electrons. The van der Waals surface area contributed by atoms with E-state index in [0.717, 1.165) is 38.4 Å². The Labute approximate surface area is 108 Å². The van der Waals surface area contributed by atoms with Crippen LogP contribution >= 0.6 is 0 Å². The number of morpholine rings is 1. The molecular formula is C12H23N5O. The lowest BCUT2D eigenvalue weighted by atomic mass is 10.1. The first-order valence-corrected chi connectivity index (χ1v) is 6.67. The molecule has 1 aromatic heterocycles. The second kappa shape index (κ2) is 6.26. The van der Waals surface area contributed by atoms with Gasteiger partial charge in [-0.2, -0.15) is 0 Å². The molecule has 2 N–H and O–H groups in total. The van der Waals surface area contributed by atoms with Crippen LogP contribution in [0.15, 0.2) is 6.20 Å². The van der Waals surface area contributed by atoms with Crippen LogP contribution in [-0.4, -0.2) is 51.7 Å². The Morgan fingerprint density at radius 2 is 2.33 bits per heavy atom. The second-order valence-corrected chi connectivity index (χ2v) is 4.88. The fourth-order valence-electron chi connectivity index (χ4n) is 2.33. The molecular weight excluding hydrogens is 230 g/mol. The number of rotatable bonds is 5. The molecule has 6 heteroatoms. The average molecular weight is 253 g/mol. The Hall–Kier alpha value is -0.980. The zero-order valence-electron chi connectivity index (χ0n) is 11.2. The predicted molar refractivity (Wildman–Crippen MR) is 69.0 cm³/mol. The van der Waals surface area contributed by atoms with Gasteiger partial charge in [0, 0.05) is 31.9 Å². The number of hydrogen-bond acceptors (Lipinski definition) is 5. The number of ether oxygens (including phenoxy) is 1. The maximum Gasteiger partial charge on any atom is 0.0962 e. The van der Waals surface area contributed by atoms with Gasteiger partial charge in [-0.15, -0.1) is 5.10 Å². The number of nitrogens with zero attached hydrogens (tertiary/aromatic N) is 4. The van der Waals surface area contributed by atoms with E-state index in [2.05, 4.69) is 29.1 Å². The van der Waals surface area contributed by atoms with Crippen LogP contribution in [-0.2, 0) is 17.8 Å². The Bertz CT molecular complexity index is 367. The molecule has 1 aromatic rings. The van der Waals surface area contributed by atoms with E-state index in [1.165, 1.54) is 0 Å². The first-order valence-electron chi connectivity index (χ1n) is 6.67. The minimum atomic E-state index is 0.322. The smallest absolute Gasteiger partial charge is 0.0962 e. The second-order valence-electron chi connectivity index (χ2n) is 4.88. The van der Waals surface area contributed by atoms with Crippen molar-refractivity contribution in [3.63, 3.8) is 0 Å². The lowest BCUT2D eigenvalue weighted by Gasteiger charge is -2.38. The molecule has 1 saturated heterocycles. The summed E-state index contributed by atoms with van der Waals surface area (Å²) in [6.07, 6.45) is 3.37. The topological polar surface area (TPSA) is 69.2 Å². The Balaban J connectivity index is 1.87. The molecule has 2 atom stereocenters. The lowest BCUT2D eigenvalue weighted by Crippen LogP contribution is -2.49. The van der Waals surface area contributed by atoms with Gasteiger partial charge < -0.3 is 10.5 Å². The molecule has 6 nitrogen and oxygen atoms in total. The Morgan fingerprint density at radius 3 is 3.00 bits per heavy atom. The zero-order valence-corrected chi connectivity index (χ0v) is 11.2. The van der Waals surface area contributed by atoms with Crippen molar-refractivity contribution in [1.29, 1.82) is 0 Å². The highest BCUT2D eigenvalue weighted by atomic mass is 16.5. The van der Waals surface area contributed by atoms with Crippen molar-refractivity contribution in [3.05, 3.63) is 11.9 Å². The normalized spacial score (nSPS) is 25.5. The molecule has 1 fully saturated rings. The molecule has 1 aliphatic heterocycles. The maximum atomic E-state index is 5.69. The standard InChI is InChI=1S/C12H23N5O/c1-3-12-9-18-10(2)7-16(12)4-5-17-8-11(6-13)14-15-17/h8,10,12H,3-7,9,13H2,1-2H3. The van der Waals surface area contributed by atoms with Crippen LogP contribution < -0.4 is 5.73 Å². The van der Waals surface area contributed by atoms with Gasteiger partial charge in [0.2, 0.25) is 0 Å². The highest BCUT2D eigenvalue weighted by Gasteiger charge is 2.25. The summed E-state index contributed by atoms with van der Waals surface area (Å²) in [4.78, 5) is 2.48. The van der Waals surface area contributed by atoms with E-state index in [0.29, 0.717) is 18.7 Å². The third-order valence-corrected chi connectivity index (χ3v) is 3.46. The summed E-state index contributed by atoms with van der Waals surface area (Å²) in [5.74, 6) is 0. The number of aromatic nitrogens is 3. The van der Waals surface area contributed by atoms with Crippen LogP contribution in [0.2, 0.25) is 0 Å². The fourth-order valence-corrected chi connectivity index (χ4v) is 2.33. The van der Waals surface area contributed by atoms with E-state index in [9.17, 15) is 0 Å². The van der Waals surface area contributed by atoms with Gasteiger partial charge >= 0.3 is 0 Å². The summed E-state index contributed by atoms with van der Waals surface area (Å²) < 4.78 is 7.56. The first kappa shape index (κ1) is 13.5. The van der Waals surface area contributed by atoms with Crippen LogP contribution in [0.4, 0.5) is 0 Å². The van der Waals surface area contributed by atoms with Crippen molar-refractivity contribution in [2.45, 2.75) is 45.5 Å². The van der Waals surface area contributed by atoms with E-state index in [1.807, 2.05) is 10.9 Å². The third-order valence-electron chi connectivity index (χ3n) is 3.46. The van der Waals surface area contributed by atoms with Crippen molar-refractivity contribution < 1.29 is 4.74 Å². The fraction of sp³-hybridized carbons (Fsp3) is 0.833. The molecule has 18 heavy (non-hydrogen) atoms. The van der Waals surface area contributed by atoms with Gasteiger partial charge in [-0.25, -0.2) is 0 Å². The van der Waals surface area contributed by atoms with Crippen molar-refractivity contribution in [2.75, 3.05) is 19.7 Å². The van der Waals surface area contributed by atoms with Gasteiger partial charge in [-0.1, -0.05) is 12.1 Å². The van der Waals surface area contributed by atoms with Gasteiger partial charge in [0.25, 0.3) is 0 Å². The molecule has 1 aliphatic rings. The Kier molecular flexibility index (Phi) is 4.68. The Morgan fingerprint density at radius 1 is 1.50 bits per heavy atom. The van der Waals surface area contributed by atoms with Crippen molar-refractivity contribution >= 4 is 0 Å². The SMILES string of the molecule is CCC1COC(C)CN1CCn1cc(CN)nn1. The highest BCUT2D eigenvalue weighted by molar-refractivity contribution is 4.90. The van der Waals surface area contributed by atoms with E-state index in [4.69, 9.17) is 10.5 Å². The molecule has 2 heterocycles. The summed E-state index contributed by atoms with van der Waals surface area (Å²) >= 11 is 0. The van der Waals surface area contributed by atoms with Crippen molar-refractivity contribution in [3.8, 4) is 0 Å². The van der Waals surface area contributed by atoms with Gasteiger partial charge in [0.15, 0.2) is 0 Å². The third kappa shape index (κ3) is 3.28. The molecule has 2 rings (SSSR count). The van der Waals surface area contributed by atoms with Crippen LogP contribution in [0, 0.1) is 0 Å². The quantitative estimate of drug-likeness (QED) is 0.814.